The van der Waals surface area contributed by atoms with Gasteiger partial charge in [-0.25, -0.2) is 4.98 Å². The molecule has 4 nitrogen and oxygen atoms in total. The Bertz CT molecular complexity index is 1080. The summed E-state index contributed by atoms with van der Waals surface area (Å²) in [6.07, 6.45) is 8.27. The number of rotatable bonds is 9. The van der Waals surface area contributed by atoms with E-state index in [1.165, 1.54) is 30.0 Å². The summed E-state index contributed by atoms with van der Waals surface area (Å²) in [6, 6.07) is 15.1. The smallest absolute Gasteiger partial charge is 0.191 e. The maximum Gasteiger partial charge on any atom is 0.191 e. The number of carbonyl (C=O) groups excluding carboxylic acids is 1. The molecule has 2 N–H and O–H groups in total. The molecule has 0 bridgehead atoms. The van der Waals surface area contributed by atoms with Crippen molar-refractivity contribution in [2.75, 3.05) is 13.1 Å². The summed E-state index contributed by atoms with van der Waals surface area (Å²) in [5.41, 5.74) is 1.98. The first-order valence-corrected chi connectivity index (χ1v) is 13.0. The van der Waals surface area contributed by atoms with Crippen molar-refractivity contribution < 1.29 is 4.79 Å². The molecule has 2 aromatic carbocycles. The highest BCUT2D eigenvalue weighted by Gasteiger charge is 2.29. The first-order chi connectivity index (χ1) is 15.7. The largest absolute Gasteiger partial charge is 0.317 e. The number of piperidine rings is 1. The van der Waals surface area contributed by atoms with E-state index < -0.39 is 0 Å². The molecule has 1 unspecified atom stereocenters. The van der Waals surface area contributed by atoms with Crippen molar-refractivity contribution in [3.63, 3.8) is 0 Å². The maximum atomic E-state index is 13.7. The van der Waals surface area contributed by atoms with Crippen LogP contribution in [0.1, 0.15) is 60.3 Å². The number of ketones is 1. The SMILES string of the molecule is Cc1nc(-c2cccc3ccccc23)sc1C(=O)C(CCCC1CC1)NC1CCNCC1. The average molecular weight is 448 g/mol. The van der Waals surface area contributed by atoms with Gasteiger partial charge in [-0.05, 0) is 56.0 Å². The van der Waals surface area contributed by atoms with E-state index in [1.54, 1.807) is 11.3 Å². The number of Topliss-reactive ketones (excluding diaryl/α,β-unsaturated/α-hetero) is 1. The van der Waals surface area contributed by atoms with Crippen LogP contribution < -0.4 is 10.6 Å². The van der Waals surface area contributed by atoms with Crippen molar-refractivity contribution in [3.8, 4) is 10.6 Å². The van der Waals surface area contributed by atoms with Crippen molar-refractivity contribution in [1.29, 1.82) is 0 Å². The lowest BCUT2D eigenvalue weighted by atomic mass is 9.98. The molecule has 1 aliphatic carbocycles. The van der Waals surface area contributed by atoms with E-state index in [1.807, 2.05) is 6.92 Å². The monoisotopic (exact) mass is 447 g/mol. The zero-order valence-electron chi connectivity index (χ0n) is 18.9. The number of hydrogen-bond acceptors (Lipinski definition) is 5. The number of aromatic nitrogens is 1. The number of hydrogen-bond donors (Lipinski definition) is 2. The van der Waals surface area contributed by atoms with Gasteiger partial charge >= 0.3 is 0 Å². The molecule has 2 heterocycles. The molecular formula is C27H33N3OS. The molecule has 1 aromatic heterocycles. The van der Waals surface area contributed by atoms with Gasteiger partial charge in [0.1, 0.15) is 5.01 Å². The van der Waals surface area contributed by atoms with Crippen molar-refractivity contribution in [3.05, 3.63) is 53.0 Å². The number of nitrogens with one attached hydrogen (secondary N) is 2. The lowest BCUT2D eigenvalue weighted by molar-refractivity contribution is 0.0927. The minimum Gasteiger partial charge on any atom is -0.317 e. The van der Waals surface area contributed by atoms with Crippen LogP contribution in [-0.4, -0.2) is 35.9 Å². The Morgan fingerprint density at radius 1 is 1.12 bits per heavy atom. The standard InChI is InChI=1S/C27H33N3OS/c1-18-26(32-27(29-18)23-10-5-8-20-7-2-3-9-22(20)23)25(31)24(11-4-6-19-12-13-19)30-21-14-16-28-17-15-21/h2-3,5,7-10,19,21,24,28,30H,4,6,11-17H2,1H3. The van der Waals surface area contributed by atoms with Gasteiger partial charge in [0.15, 0.2) is 5.78 Å². The predicted octanol–water partition coefficient (Wildman–Crippen LogP) is 5.74. The summed E-state index contributed by atoms with van der Waals surface area (Å²) in [6.45, 7) is 4.06. The van der Waals surface area contributed by atoms with Crippen molar-refractivity contribution in [2.24, 2.45) is 5.92 Å². The van der Waals surface area contributed by atoms with Gasteiger partial charge in [0.2, 0.25) is 0 Å². The Balaban J connectivity index is 1.39. The number of nitrogens with zero attached hydrogens (tertiary/aromatic N) is 1. The first-order valence-electron chi connectivity index (χ1n) is 12.2. The van der Waals surface area contributed by atoms with E-state index in [0.29, 0.717) is 6.04 Å². The molecular weight excluding hydrogens is 414 g/mol. The Hall–Kier alpha value is -2.08. The average Bonchev–Trinajstić information content (AvgIpc) is 3.57. The Kier molecular flexibility index (Phi) is 6.67. The number of thiazole rings is 1. The minimum atomic E-state index is -0.101. The minimum absolute atomic E-state index is 0.101. The molecule has 1 atom stereocenters. The normalized spacial score (nSPS) is 18.2. The quantitative estimate of drug-likeness (QED) is 0.410. The molecule has 1 aliphatic heterocycles. The van der Waals surface area contributed by atoms with E-state index in [2.05, 4.69) is 53.1 Å². The molecule has 2 fully saturated rings. The van der Waals surface area contributed by atoms with Crippen LogP contribution in [0.4, 0.5) is 0 Å². The van der Waals surface area contributed by atoms with E-state index >= 15 is 0 Å². The Morgan fingerprint density at radius 2 is 1.91 bits per heavy atom. The van der Waals surface area contributed by atoms with Crippen LogP contribution in [0.2, 0.25) is 0 Å². The van der Waals surface area contributed by atoms with Crippen molar-refractivity contribution in [2.45, 2.75) is 64.0 Å². The van der Waals surface area contributed by atoms with Gasteiger partial charge in [0.25, 0.3) is 0 Å². The highest BCUT2D eigenvalue weighted by atomic mass is 32.1. The maximum absolute atomic E-state index is 13.7. The van der Waals surface area contributed by atoms with Crippen LogP contribution in [0.3, 0.4) is 0 Å². The fourth-order valence-electron chi connectivity index (χ4n) is 4.89. The zero-order chi connectivity index (χ0) is 21.9. The molecule has 0 spiro atoms. The lowest BCUT2D eigenvalue weighted by Gasteiger charge is -2.28. The fraction of sp³-hybridized carbons (Fsp3) is 0.481. The summed E-state index contributed by atoms with van der Waals surface area (Å²) in [4.78, 5) is 19.4. The molecule has 5 rings (SSSR count). The molecule has 1 saturated carbocycles. The van der Waals surface area contributed by atoms with Crippen LogP contribution in [0, 0.1) is 12.8 Å². The molecule has 168 valence electrons. The van der Waals surface area contributed by atoms with Crippen molar-refractivity contribution in [1.82, 2.24) is 15.6 Å². The van der Waals surface area contributed by atoms with E-state index in [4.69, 9.17) is 4.98 Å². The fourth-order valence-corrected chi connectivity index (χ4v) is 5.99. The number of carbonyl (C=O) groups is 1. The summed E-state index contributed by atoms with van der Waals surface area (Å²) < 4.78 is 0. The Morgan fingerprint density at radius 3 is 2.72 bits per heavy atom. The van der Waals surface area contributed by atoms with Crippen LogP contribution in [0.25, 0.3) is 21.3 Å². The summed E-state index contributed by atoms with van der Waals surface area (Å²) >= 11 is 1.57. The molecule has 5 heteroatoms. The molecule has 3 aromatic rings. The number of benzene rings is 2. The molecule has 1 saturated heterocycles. The van der Waals surface area contributed by atoms with Crippen LogP contribution in [0.15, 0.2) is 42.5 Å². The van der Waals surface area contributed by atoms with E-state index in [0.717, 1.165) is 65.8 Å². The van der Waals surface area contributed by atoms with E-state index in [9.17, 15) is 4.79 Å². The van der Waals surface area contributed by atoms with Crippen molar-refractivity contribution >= 4 is 27.9 Å². The topological polar surface area (TPSA) is 54.0 Å². The predicted molar refractivity (Wildman–Crippen MR) is 134 cm³/mol. The van der Waals surface area contributed by atoms with Gasteiger partial charge < -0.3 is 10.6 Å². The zero-order valence-corrected chi connectivity index (χ0v) is 19.7. The van der Waals surface area contributed by atoms with Gasteiger partial charge in [-0.15, -0.1) is 11.3 Å². The second kappa shape index (κ2) is 9.82. The molecule has 32 heavy (non-hydrogen) atoms. The number of fused-ring (bicyclic) bond motifs is 1. The Labute approximate surface area is 194 Å². The first kappa shape index (κ1) is 21.7. The summed E-state index contributed by atoms with van der Waals surface area (Å²) in [5.74, 6) is 1.15. The molecule has 2 aliphatic rings. The highest BCUT2D eigenvalue weighted by molar-refractivity contribution is 7.17. The third-order valence-corrected chi connectivity index (χ3v) is 8.14. The summed E-state index contributed by atoms with van der Waals surface area (Å²) in [7, 11) is 0. The van der Waals surface area contributed by atoms with Crippen LogP contribution in [0.5, 0.6) is 0 Å². The van der Waals surface area contributed by atoms with Gasteiger partial charge in [0, 0.05) is 11.6 Å². The highest BCUT2D eigenvalue weighted by Crippen LogP contribution is 2.36. The molecule has 0 radical (unpaired) electrons. The van der Waals surface area contributed by atoms with Gasteiger partial charge in [0.05, 0.1) is 16.6 Å². The van der Waals surface area contributed by atoms with Crippen LogP contribution >= 0.6 is 11.3 Å². The van der Waals surface area contributed by atoms with Gasteiger partial charge in [-0.2, -0.15) is 0 Å². The van der Waals surface area contributed by atoms with E-state index in [-0.39, 0.29) is 11.8 Å². The molecule has 0 amide bonds. The summed E-state index contributed by atoms with van der Waals surface area (Å²) in [5, 5.41) is 10.5. The van der Waals surface area contributed by atoms with Crippen LogP contribution in [-0.2, 0) is 0 Å². The van der Waals surface area contributed by atoms with Gasteiger partial charge in [-0.3, -0.25) is 4.79 Å². The van der Waals surface area contributed by atoms with Gasteiger partial charge in [-0.1, -0.05) is 68.1 Å². The third kappa shape index (κ3) is 4.95. The lowest BCUT2D eigenvalue weighted by Crippen LogP contribution is -2.47. The second-order valence-electron chi connectivity index (χ2n) is 9.44. The second-order valence-corrected chi connectivity index (χ2v) is 10.4. The third-order valence-electron chi connectivity index (χ3n) is 6.94. The number of aryl methyl sites for hydroxylation is 1.